The predicted octanol–water partition coefficient (Wildman–Crippen LogP) is 3.22. The minimum atomic E-state index is -0.428. The van der Waals surface area contributed by atoms with Crippen LogP contribution in [0.25, 0.3) is 16.6 Å². The Bertz CT molecular complexity index is 1340. The molecule has 0 saturated carbocycles. The van der Waals surface area contributed by atoms with E-state index in [2.05, 4.69) is 25.8 Å². The second-order valence-corrected chi connectivity index (χ2v) is 9.07. The number of aryl methyl sites for hydroxylation is 2. The van der Waals surface area contributed by atoms with E-state index in [9.17, 15) is 4.39 Å². The number of halogens is 1. The fraction of sp³-hybridized carbons (Fsp3) is 0.375. The van der Waals surface area contributed by atoms with Gasteiger partial charge in [-0.15, -0.1) is 0 Å². The number of pyridine rings is 2. The van der Waals surface area contributed by atoms with Crippen molar-refractivity contribution in [1.29, 1.82) is 0 Å². The highest BCUT2D eigenvalue weighted by atomic mass is 19.1. The normalized spacial score (nSPS) is 22.1. The van der Waals surface area contributed by atoms with E-state index in [0.29, 0.717) is 17.9 Å². The summed E-state index contributed by atoms with van der Waals surface area (Å²) in [6.45, 7) is 3.43. The van der Waals surface area contributed by atoms with Gasteiger partial charge in [-0.3, -0.25) is 9.67 Å². The average molecular weight is 464 g/mol. The van der Waals surface area contributed by atoms with Crippen LogP contribution in [0.15, 0.2) is 42.9 Å². The van der Waals surface area contributed by atoms with E-state index < -0.39 is 5.82 Å². The number of nitrogens with zero attached hydrogens (tertiary/aromatic N) is 5. The molecule has 0 aromatic carbocycles. The zero-order valence-electron chi connectivity index (χ0n) is 19.0. The highest BCUT2D eigenvalue weighted by molar-refractivity contribution is 5.75. The largest absolute Gasteiger partial charge is 0.488 e. The molecular weight excluding hydrogens is 437 g/mol. The Labute approximate surface area is 195 Å². The Morgan fingerprint density at radius 3 is 2.76 bits per heavy atom. The second-order valence-electron chi connectivity index (χ2n) is 9.07. The molecule has 0 aliphatic carbocycles. The summed E-state index contributed by atoms with van der Waals surface area (Å²) in [5, 5.41) is 15.1. The van der Waals surface area contributed by atoms with Crippen molar-refractivity contribution in [2.75, 3.05) is 18.5 Å². The Balaban J connectivity index is 1.29. The summed E-state index contributed by atoms with van der Waals surface area (Å²) in [7, 11) is 1.67. The molecule has 3 atom stereocenters. The smallest absolute Gasteiger partial charge is 0.189 e. The monoisotopic (exact) mass is 463 g/mol. The lowest BCUT2D eigenvalue weighted by Gasteiger charge is -2.40. The van der Waals surface area contributed by atoms with Crippen LogP contribution in [0.4, 0.5) is 16.0 Å². The van der Waals surface area contributed by atoms with Gasteiger partial charge in [0.2, 0.25) is 0 Å². The van der Waals surface area contributed by atoms with Crippen LogP contribution in [0.2, 0.25) is 0 Å². The van der Waals surface area contributed by atoms with Crippen LogP contribution in [0.1, 0.15) is 18.5 Å². The molecule has 0 spiro atoms. The van der Waals surface area contributed by atoms with Crippen molar-refractivity contribution in [1.82, 2.24) is 29.7 Å². The zero-order chi connectivity index (χ0) is 23.2. The van der Waals surface area contributed by atoms with Crippen LogP contribution in [-0.4, -0.2) is 55.8 Å². The maximum Gasteiger partial charge on any atom is 0.189 e. The van der Waals surface area contributed by atoms with Crippen molar-refractivity contribution in [3.8, 4) is 16.9 Å². The molecule has 4 aromatic rings. The molecule has 2 fully saturated rings. The first-order valence-electron chi connectivity index (χ1n) is 11.4. The summed E-state index contributed by atoms with van der Waals surface area (Å²) in [4.78, 5) is 4.49. The number of piperidine rings is 1. The minimum Gasteiger partial charge on any atom is -0.488 e. The molecule has 6 rings (SSSR count). The first-order chi connectivity index (χ1) is 16.5. The van der Waals surface area contributed by atoms with Crippen LogP contribution >= 0.6 is 0 Å². The van der Waals surface area contributed by atoms with Gasteiger partial charge in [-0.05, 0) is 30.7 Å². The number of aromatic nitrogens is 5. The van der Waals surface area contributed by atoms with Gasteiger partial charge >= 0.3 is 0 Å². The van der Waals surface area contributed by atoms with E-state index in [4.69, 9.17) is 9.47 Å². The molecule has 10 heteroatoms. The molecule has 2 N–H and O–H groups in total. The van der Waals surface area contributed by atoms with Crippen molar-refractivity contribution >= 4 is 17.2 Å². The number of fused-ring (bicyclic) bond motifs is 3. The Morgan fingerprint density at radius 1 is 1.18 bits per heavy atom. The quantitative estimate of drug-likeness (QED) is 0.470. The number of nitrogens with one attached hydrogen (secondary N) is 2. The van der Waals surface area contributed by atoms with Gasteiger partial charge in [0.05, 0.1) is 31.1 Å². The molecule has 9 nitrogen and oxygen atoms in total. The summed E-state index contributed by atoms with van der Waals surface area (Å²) < 4.78 is 29.3. The first-order valence-corrected chi connectivity index (χ1v) is 11.4. The van der Waals surface area contributed by atoms with Gasteiger partial charge in [-0.25, -0.2) is 8.91 Å². The number of anilines is 2. The lowest BCUT2D eigenvalue weighted by molar-refractivity contribution is -0.0122. The van der Waals surface area contributed by atoms with Crippen LogP contribution in [0.3, 0.4) is 0 Å². The second kappa shape index (κ2) is 8.37. The van der Waals surface area contributed by atoms with E-state index in [-0.39, 0.29) is 11.9 Å². The molecule has 176 valence electrons. The Kier molecular flexibility index (Phi) is 5.19. The van der Waals surface area contributed by atoms with E-state index in [1.807, 2.05) is 43.6 Å². The van der Waals surface area contributed by atoms with Gasteiger partial charge in [0.1, 0.15) is 11.9 Å². The molecule has 0 amide bonds. The maximum absolute atomic E-state index is 14.0. The maximum atomic E-state index is 14.0. The predicted molar refractivity (Wildman–Crippen MR) is 125 cm³/mol. The highest BCUT2D eigenvalue weighted by Gasteiger charge is 2.33. The summed E-state index contributed by atoms with van der Waals surface area (Å²) in [5.74, 6) is 1.00. The van der Waals surface area contributed by atoms with Crippen LogP contribution in [0, 0.1) is 12.7 Å². The molecule has 0 radical (unpaired) electrons. The van der Waals surface area contributed by atoms with Gasteiger partial charge in [-0.1, -0.05) is 0 Å². The summed E-state index contributed by atoms with van der Waals surface area (Å²) in [6.07, 6.45) is 6.94. The molecule has 6 heterocycles. The van der Waals surface area contributed by atoms with Gasteiger partial charge in [0, 0.05) is 55.5 Å². The fourth-order valence-corrected chi connectivity index (χ4v) is 4.82. The highest BCUT2D eigenvalue weighted by Crippen LogP contribution is 2.34. The van der Waals surface area contributed by atoms with E-state index >= 15 is 0 Å². The molecule has 2 saturated heterocycles. The standard InChI is InChI=1S/C24H26FN7O2/c1-14-5-20(22(10-26-14)34-19-7-16-12-33-13-17(8-19)27-16)15-3-4-32-18(6-15)9-23(29-32)28-24-21(25)11-31(2)30-24/h3-6,9-11,16-17,19,27H,7-8,12-13H2,1-2H3,(H,28,29,30)/t16-,17+,19-. The van der Waals surface area contributed by atoms with E-state index in [1.54, 1.807) is 11.6 Å². The summed E-state index contributed by atoms with van der Waals surface area (Å²) in [6, 6.07) is 8.61. The molecule has 34 heavy (non-hydrogen) atoms. The van der Waals surface area contributed by atoms with Crippen molar-refractivity contribution in [3.63, 3.8) is 0 Å². The third-order valence-corrected chi connectivity index (χ3v) is 6.31. The van der Waals surface area contributed by atoms with Crippen molar-refractivity contribution < 1.29 is 13.9 Å². The van der Waals surface area contributed by atoms with Gasteiger partial charge in [0.15, 0.2) is 17.5 Å². The summed E-state index contributed by atoms with van der Waals surface area (Å²) in [5.41, 5.74) is 3.77. The SMILES string of the molecule is Cc1cc(-c2ccn3nc(Nc4nn(C)cc4F)cc3c2)c(O[C@H]2C[C@H]3COC[C@@H](C2)N3)cn1. The fourth-order valence-electron chi connectivity index (χ4n) is 4.82. The van der Waals surface area contributed by atoms with Crippen molar-refractivity contribution in [3.05, 3.63) is 54.4 Å². The van der Waals surface area contributed by atoms with Gasteiger partial charge in [-0.2, -0.15) is 10.2 Å². The van der Waals surface area contributed by atoms with Gasteiger partial charge < -0.3 is 20.1 Å². The minimum absolute atomic E-state index is 0.117. The van der Waals surface area contributed by atoms with Crippen molar-refractivity contribution in [2.45, 2.75) is 38.0 Å². The molecular formula is C24H26FN7O2. The number of ether oxygens (including phenoxy) is 2. The molecule has 0 unspecified atom stereocenters. The van der Waals surface area contributed by atoms with Crippen LogP contribution < -0.4 is 15.4 Å². The van der Waals surface area contributed by atoms with E-state index in [0.717, 1.165) is 54.1 Å². The molecule has 2 bridgehead atoms. The van der Waals surface area contributed by atoms with Crippen molar-refractivity contribution in [2.24, 2.45) is 7.05 Å². The number of rotatable bonds is 5. The van der Waals surface area contributed by atoms with Crippen LogP contribution in [-0.2, 0) is 11.8 Å². The number of hydrogen-bond donors (Lipinski definition) is 2. The van der Waals surface area contributed by atoms with Crippen LogP contribution in [0.5, 0.6) is 5.75 Å². The Hall–Kier alpha value is -3.50. The molecule has 2 aliphatic rings. The topological polar surface area (TPSA) is 90.5 Å². The molecule has 4 aromatic heterocycles. The van der Waals surface area contributed by atoms with Gasteiger partial charge in [0.25, 0.3) is 0 Å². The average Bonchev–Trinajstić information content (AvgIpc) is 3.35. The third kappa shape index (κ3) is 4.10. The lowest BCUT2D eigenvalue weighted by Crippen LogP contribution is -2.56. The molecule has 2 aliphatic heterocycles. The number of hydrogen-bond acceptors (Lipinski definition) is 7. The Morgan fingerprint density at radius 2 is 2.00 bits per heavy atom. The zero-order valence-corrected chi connectivity index (χ0v) is 19.0. The first kappa shape index (κ1) is 21.1. The number of morpholine rings is 1. The third-order valence-electron chi connectivity index (χ3n) is 6.31. The summed E-state index contributed by atoms with van der Waals surface area (Å²) >= 11 is 0. The lowest BCUT2D eigenvalue weighted by atomic mass is 9.94. The van der Waals surface area contributed by atoms with E-state index in [1.165, 1.54) is 10.9 Å².